The molecule has 0 radical (unpaired) electrons. The molecule has 6 heteroatoms. The highest BCUT2D eigenvalue weighted by molar-refractivity contribution is 14.0. The van der Waals surface area contributed by atoms with Crippen LogP contribution < -0.4 is 10.6 Å². The molecule has 0 aromatic heterocycles. The second-order valence-electron chi connectivity index (χ2n) is 6.39. The number of aliphatic imine (C=N–C) groups is 1. The van der Waals surface area contributed by atoms with Crippen LogP contribution in [0.4, 0.5) is 0 Å². The van der Waals surface area contributed by atoms with Gasteiger partial charge in [-0.05, 0) is 18.9 Å². The molecule has 1 aliphatic heterocycles. The van der Waals surface area contributed by atoms with Crippen molar-refractivity contribution in [1.82, 2.24) is 20.4 Å². The first kappa shape index (κ1) is 22.9. The lowest BCUT2D eigenvalue weighted by Gasteiger charge is -2.34. The highest BCUT2D eigenvalue weighted by atomic mass is 127. The minimum absolute atomic E-state index is 0. The number of benzene rings is 1. The van der Waals surface area contributed by atoms with Gasteiger partial charge in [0.1, 0.15) is 0 Å². The van der Waals surface area contributed by atoms with Gasteiger partial charge in [-0.1, -0.05) is 36.4 Å². The number of guanidine groups is 1. The lowest BCUT2D eigenvalue weighted by atomic mass is 10.2. The Balaban J connectivity index is 0.00000338. The third-order valence-electron chi connectivity index (χ3n) is 4.37. The number of hydrogen-bond donors (Lipinski definition) is 2. The third-order valence-corrected chi connectivity index (χ3v) is 4.37. The average molecular weight is 471 g/mol. The molecule has 146 valence electrons. The predicted molar refractivity (Wildman–Crippen MR) is 122 cm³/mol. The first-order valence-electron chi connectivity index (χ1n) is 9.43. The van der Waals surface area contributed by atoms with Crippen LogP contribution in [0.2, 0.25) is 0 Å². The maximum atomic E-state index is 4.62. The molecule has 2 rings (SSSR count). The molecule has 1 aromatic rings. The van der Waals surface area contributed by atoms with Crippen molar-refractivity contribution in [3.8, 4) is 0 Å². The van der Waals surface area contributed by atoms with Crippen molar-refractivity contribution in [2.75, 3.05) is 52.4 Å². The third kappa shape index (κ3) is 9.00. The summed E-state index contributed by atoms with van der Waals surface area (Å²) in [5.74, 6) is 0.884. The van der Waals surface area contributed by atoms with Crippen LogP contribution in [0.1, 0.15) is 18.9 Å². The molecule has 1 fully saturated rings. The van der Waals surface area contributed by atoms with Gasteiger partial charge in [-0.25, -0.2) is 0 Å². The molecule has 1 aromatic carbocycles. The van der Waals surface area contributed by atoms with Gasteiger partial charge in [-0.3, -0.25) is 9.89 Å². The number of rotatable bonds is 9. The zero-order chi connectivity index (χ0) is 17.7. The zero-order valence-electron chi connectivity index (χ0n) is 16.0. The fourth-order valence-electron chi connectivity index (χ4n) is 3.01. The predicted octanol–water partition coefficient (Wildman–Crippen LogP) is 2.55. The highest BCUT2D eigenvalue weighted by Gasteiger charge is 2.16. The van der Waals surface area contributed by atoms with Crippen LogP contribution in [0.25, 0.3) is 0 Å². The van der Waals surface area contributed by atoms with E-state index in [0.29, 0.717) is 0 Å². The van der Waals surface area contributed by atoms with Crippen molar-refractivity contribution in [3.05, 3.63) is 48.6 Å². The maximum absolute atomic E-state index is 4.62. The molecular formula is C20H34IN5. The highest BCUT2D eigenvalue weighted by Crippen LogP contribution is 2.08. The van der Waals surface area contributed by atoms with Gasteiger partial charge in [0.05, 0.1) is 0 Å². The quantitative estimate of drug-likeness (QED) is 0.191. The Morgan fingerprint density at radius 3 is 2.46 bits per heavy atom. The summed E-state index contributed by atoms with van der Waals surface area (Å²) in [7, 11) is 0. The summed E-state index contributed by atoms with van der Waals surface area (Å²) >= 11 is 0. The van der Waals surface area contributed by atoms with Gasteiger partial charge >= 0.3 is 0 Å². The number of nitrogens with one attached hydrogen (secondary N) is 2. The summed E-state index contributed by atoms with van der Waals surface area (Å²) in [5.41, 5.74) is 1.41. The summed E-state index contributed by atoms with van der Waals surface area (Å²) in [6.07, 6.45) is 2.95. The maximum Gasteiger partial charge on any atom is 0.191 e. The Hall–Kier alpha value is -1.12. The number of nitrogens with zero attached hydrogens (tertiary/aromatic N) is 3. The normalized spacial score (nSPS) is 16.0. The molecule has 1 aliphatic rings. The van der Waals surface area contributed by atoms with E-state index in [4.69, 9.17) is 0 Å². The minimum Gasteiger partial charge on any atom is -0.357 e. The fourth-order valence-corrected chi connectivity index (χ4v) is 3.01. The van der Waals surface area contributed by atoms with E-state index in [0.717, 1.165) is 71.3 Å². The summed E-state index contributed by atoms with van der Waals surface area (Å²) in [5, 5.41) is 6.49. The molecule has 1 saturated heterocycles. The van der Waals surface area contributed by atoms with E-state index < -0.39 is 0 Å². The van der Waals surface area contributed by atoms with Gasteiger partial charge in [0, 0.05) is 58.9 Å². The van der Waals surface area contributed by atoms with Gasteiger partial charge in [0.2, 0.25) is 0 Å². The largest absolute Gasteiger partial charge is 0.357 e. The summed E-state index contributed by atoms with van der Waals surface area (Å²) in [4.78, 5) is 9.72. The smallest absolute Gasteiger partial charge is 0.191 e. The van der Waals surface area contributed by atoms with E-state index in [9.17, 15) is 0 Å². The topological polar surface area (TPSA) is 42.9 Å². The monoisotopic (exact) mass is 471 g/mol. The molecule has 0 amide bonds. The molecule has 0 aliphatic carbocycles. The van der Waals surface area contributed by atoms with Crippen LogP contribution in [0.15, 0.2) is 48.0 Å². The summed E-state index contributed by atoms with van der Waals surface area (Å²) in [6, 6.07) is 10.8. The fraction of sp³-hybridized carbons (Fsp3) is 0.550. The van der Waals surface area contributed by atoms with Gasteiger partial charge in [0.25, 0.3) is 0 Å². The molecule has 0 atom stereocenters. The lowest BCUT2D eigenvalue weighted by Crippen LogP contribution is -2.46. The Bertz CT molecular complexity index is 512. The van der Waals surface area contributed by atoms with Crippen molar-refractivity contribution < 1.29 is 0 Å². The SMILES string of the molecule is C=CCNC(=NCCCN1CCN(Cc2ccccc2)CC1)NCC.I. The van der Waals surface area contributed by atoms with E-state index in [1.54, 1.807) is 0 Å². The van der Waals surface area contributed by atoms with Crippen LogP contribution in [-0.4, -0.2) is 68.1 Å². The van der Waals surface area contributed by atoms with Crippen molar-refractivity contribution in [1.29, 1.82) is 0 Å². The van der Waals surface area contributed by atoms with Crippen LogP contribution >= 0.6 is 24.0 Å². The van der Waals surface area contributed by atoms with E-state index in [1.807, 2.05) is 6.08 Å². The van der Waals surface area contributed by atoms with E-state index in [2.05, 4.69) is 69.3 Å². The van der Waals surface area contributed by atoms with Gasteiger partial charge in [-0.15, -0.1) is 30.6 Å². The second kappa shape index (κ2) is 14.0. The molecule has 1 heterocycles. The van der Waals surface area contributed by atoms with E-state index in [-0.39, 0.29) is 24.0 Å². The van der Waals surface area contributed by atoms with Gasteiger partial charge in [-0.2, -0.15) is 0 Å². The van der Waals surface area contributed by atoms with E-state index >= 15 is 0 Å². The standard InChI is InChI=1S/C20H33N5.HI/c1-3-11-22-20(21-4-2)23-12-8-13-24-14-16-25(17-15-24)18-19-9-6-5-7-10-19;/h3,5-7,9-10H,1,4,8,11-18H2,2H3,(H2,21,22,23);1H. The summed E-state index contributed by atoms with van der Waals surface area (Å²) < 4.78 is 0. The molecule has 2 N–H and O–H groups in total. The van der Waals surface area contributed by atoms with Gasteiger partial charge < -0.3 is 15.5 Å². The number of piperazine rings is 1. The van der Waals surface area contributed by atoms with Crippen LogP contribution in [0.5, 0.6) is 0 Å². The van der Waals surface area contributed by atoms with Crippen molar-refractivity contribution >= 4 is 29.9 Å². The van der Waals surface area contributed by atoms with Crippen molar-refractivity contribution in [2.24, 2.45) is 4.99 Å². The molecule has 0 unspecified atom stereocenters. The molecular weight excluding hydrogens is 437 g/mol. The van der Waals surface area contributed by atoms with Gasteiger partial charge in [0.15, 0.2) is 5.96 Å². The molecule has 26 heavy (non-hydrogen) atoms. The Kier molecular flexibility index (Phi) is 12.3. The Morgan fingerprint density at radius 1 is 1.12 bits per heavy atom. The van der Waals surface area contributed by atoms with Crippen LogP contribution in [0, 0.1) is 0 Å². The zero-order valence-corrected chi connectivity index (χ0v) is 18.3. The Labute approximate surface area is 176 Å². The molecule has 0 spiro atoms. The second-order valence-corrected chi connectivity index (χ2v) is 6.39. The minimum atomic E-state index is 0. The molecule has 5 nitrogen and oxygen atoms in total. The van der Waals surface area contributed by atoms with Crippen LogP contribution in [0.3, 0.4) is 0 Å². The first-order chi connectivity index (χ1) is 12.3. The summed E-state index contributed by atoms with van der Waals surface area (Å²) in [6.45, 7) is 15.1. The number of hydrogen-bond acceptors (Lipinski definition) is 3. The first-order valence-corrected chi connectivity index (χ1v) is 9.43. The van der Waals surface area contributed by atoms with Crippen LogP contribution in [-0.2, 0) is 6.54 Å². The van der Waals surface area contributed by atoms with E-state index in [1.165, 1.54) is 5.56 Å². The number of halogens is 1. The lowest BCUT2D eigenvalue weighted by molar-refractivity contribution is 0.127. The Morgan fingerprint density at radius 2 is 1.81 bits per heavy atom. The van der Waals surface area contributed by atoms with Crippen molar-refractivity contribution in [2.45, 2.75) is 19.9 Å². The molecule has 0 saturated carbocycles. The van der Waals surface area contributed by atoms with Crippen molar-refractivity contribution in [3.63, 3.8) is 0 Å². The average Bonchev–Trinajstić information content (AvgIpc) is 2.65. The molecule has 0 bridgehead atoms.